The van der Waals surface area contributed by atoms with E-state index >= 15 is 0 Å². The maximum absolute atomic E-state index is 10.6. The van der Waals surface area contributed by atoms with Gasteiger partial charge in [0, 0.05) is 11.5 Å². The van der Waals surface area contributed by atoms with Crippen LogP contribution in [-0.4, -0.2) is 38.6 Å². The minimum atomic E-state index is -4.34. The van der Waals surface area contributed by atoms with Gasteiger partial charge in [0.25, 0.3) is 0 Å². The monoisotopic (exact) mass is 238 g/mol. The van der Waals surface area contributed by atoms with Crippen LogP contribution in [0, 0.1) is 0 Å². The summed E-state index contributed by atoms with van der Waals surface area (Å²) >= 11 is 0. The van der Waals surface area contributed by atoms with Gasteiger partial charge >= 0.3 is 29.6 Å². The fourth-order valence-corrected chi connectivity index (χ4v) is 1.86. The summed E-state index contributed by atoms with van der Waals surface area (Å²) in [5.74, 6) is -0.268. The molecule has 5 nitrogen and oxygen atoms in total. The van der Waals surface area contributed by atoms with Crippen LogP contribution in [0.1, 0.15) is 13.3 Å². The Bertz CT molecular complexity index is 330. The third-order valence-electron chi connectivity index (χ3n) is 1.39. The van der Waals surface area contributed by atoms with E-state index in [1.807, 2.05) is 0 Å². The molecule has 0 bridgehead atoms. The molecule has 0 aliphatic carbocycles. The van der Waals surface area contributed by atoms with Crippen LogP contribution in [0.3, 0.4) is 0 Å². The molecule has 0 aromatic heterocycles. The Balaban J connectivity index is 0. The Hall–Kier alpha value is 0.860. The second-order valence-electron chi connectivity index (χ2n) is 2.72. The summed E-state index contributed by atoms with van der Waals surface area (Å²) in [7, 11) is -7.52. The Morgan fingerprint density at radius 2 is 1.62 bits per heavy atom. The van der Waals surface area contributed by atoms with E-state index in [0.717, 1.165) is 6.26 Å². The molecule has 0 heterocycles. The maximum Gasteiger partial charge on any atom is 1.00 e. The van der Waals surface area contributed by atoms with Gasteiger partial charge < -0.3 is 4.55 Å². The fraction of sp³-hybridized carbons (Fsp3) is 1.00. The molecule has 0 spiro atoms. The van der Waals surface area contributed by atoms with Gasteiger partial charge in [0.15, 0.2) is 0 Å². The molecule has 13 heavy (non-hydrogen) atoms. The first-order chi connectivity index (χ1) is 5.13. The van der Waals surface area contributed by atoms with Crippen LogP contribution < -0.4 is 29.6 Å². The summed E-state index contributed by atoms with van der Waals surface area (Å²) in [6.45, 7) is 1.20. The minimum absolute atomic E-state index is 0. The smallest absolute Gasteiger partial charge is 0.748 e. The molecule has 0 amide bonds. The first kappa shape index (κ1) is 16.3. The molecule has 0 aromatic carbocycles. The number of sulfone groups is 1. The normalized spacial score (nSPS) is 14.7. The summed E-state index contributed by atoms with van der Waals surface area (Å²) < 4.78 is 52.0. The van der Waals surface area contributed by atoms with Gasteiger partial charge in [-0.2, -0.15) is 0 Å². The van der Waals surface area contributed by atoms with Gasteiger partial charge in [-0.25, -0.2) is 16.8 Å². The van der Waals surface area contributed by atoms with Crippen molar-refractivity contribution in [1.29, 1.82) is 0 Å². The van der Waals surface area contributed by atoms with Crippen molar-refractivity contribution in [3.8, 4) is 0 Å². The van der Waals surface area contributed by atoms with Crippen LogP contribution in [-0.2, 0) is 20.0 Å². The van der Waals surface area contributed by atoms with E-state index in [1.54, 1.807) is 0 Å². The molecule has 0 saturated heterocycles. The van der Waals surface area contributed by atoms with Gasteiger partial charge in [-0.15, -0.1) is 0 Å². The minimum Gasteiger partial charge on any atom is -0.748 e. The van der Waals surface area contributed by atoms with Crippen molar-refractivity contribution in [2.75, 3.05) is 12.0 Å². The zero-order valence-corrected chi connectivity index (χ0v) is 11.5. The van der Waals surface area contributed by atoms with Gasteiger partial charge in [0.1, 0.15) is 9.84 Å². The summed E-state index contributed by atoms with van der Waals surface area (Å²) in [4.78, 5) is 0. The zero-order valence-electron chi connectivity index (χ0n) is 7.85. The van der Waals surface area contributed by atoms with E-state index in [1.165, 1.54) is 6.92 Å². The Morgan fingerprint density at radius 3 is 1.85 bits per heavy atom. The Morgan fingerprint density at radius 1 is 1.23 bits per heavy atom. The average molecular weight is 238 g/mol. The largest absolute Gasteiger partial charge is 1.00 e. The summed E-state index contributed by atoms with van der Waals surface area (Å²) in [5, 5.41) is -1.13. The maximum atomic E-state index is 10.6. The van der Waals surface area contributed by atoms with E-state index in [-0.39, 0.29) is 41.7 Å². The standard InChI is InChI=1S/C5H12O5S2.Na/c1-5(12(8,9)10)3-4-11(2,6)7;/h5H,3-4H2,1-2H3,(H,8,9,10);/q;+1/p-1. The van der Waals surface area contributed by atoms with Crippen LogP contribution in [0.5, 0.6) is 0 Å². The fourth-order valence-electron chi connectivity index (χ4n) is 0.524. The van der Waals surface area contributed by atoms with Crippen LogP contribution in [0.4, 0.5) is 0 Å². The molecule has 74 valence electrons. The number of hydrogen-bond acceptors (Lipinski definition) is 5. The molecule has 0 fully saturated rings. The number of hydrogen-bond donors (Lipinski definition) is 0. The van der Waals surface area contributed by atoms with Crippen molar-refractivity contribution in [2.45, 2.75) is 18.6 Å². The van der Waals surface area contributed by atoms with Crippen LogP contribution >= 0.6 is 0 Å². The molecule has 8 heteroatoms. The van der Waals surface area contributed by atoms with Crippen molar-refractivity contribution in [2.24, 2.45) is 0 Å². The quantitative estimate of drug-likeness (QED) is 0.372. The van der Waals surface area contributed by atoms with Crippen LogP contribution in [0.25, 0.3) is 0 Å². The van der Waals surface area contributed by atoms with Crippen molar-refractivity contribution in [1.82, 2.24) is 0 Å². The molecule has 1 unspecified atom stereocenters. The topological polar surface area (TPSA) is 91.3 Å². The van der Waals surface area contributed by atoms with E-state index in [9.17, 15) is 21.4 Å². The summed E-state index contributed by atoms with van der Waals surface area (Å²) in [6.07, 6.45) is 0.863. The molecule has 0 radical (unpaired) electrons. The van der Waals surface area contributed by atoms with Gasteiger partial charge in [0.05, 0.1) is 15.9 Å². The molecule has 0 aliphatic rings. The molecule has 0 aliphatic heterocycles. The Labute approximate surface area is 101 Å². The van der Waals surface area contributed by atoms with Crippen molar-refractivity contribution in [3.05, 3.63) is 0 Å². The molecular weight excluding hydrogens is 227 g/mol. The number of rotatable bonds is 4. The SMILES string of the molecule is CC(CCS(C)(=O)=O)S(=O)(=O)[O-].[Na+]. The zero-order chi connectivity index (χ0) is 9.99. The first-order valence-corrected chi connectivity index (χ1v) is 6.78. The van der Waals surface area contributed by atoms with Crippen molar-refractivity contribution < 1.29 is 50.9 Å². The van der Waals surface area contributed by atoms with Gasteiger partial charge in [-0.05, 0) is 13.3 Å². The van der Waals surface area contributed by atoms with Gasteiger partial charge in [0.2, 0.25) is 0 Å². The molecule has 0 aromatic rings. The second kappa shape index (κ2) is 5.67. The van der Waals surface area contributed by atoms with Crippen LogP contribution in [0.2, 0.25) is 0 Å². The van der Waals surface area contributed by atoms with Crippen LogP contribution in [0.15, 0.2) is 0 Å². The van der Waals surface area contributed by atoms with E-state index in [0.29, 0.717) is 0 Å². The van der Waals surface area contributed by atoms with Gasteiger partial charge in [-0.3, -0.25) is 0 Å². The predicted octanol–water partition coefficient (Wildman–Crippen LogP) is -3.64. The van der Waals surface area contributed by atoms with Crippen molar-refractivity contribution >= 4 is 20.0 Å². The average Bonchev–Trinajstić information content (AvgIpc) is 1.78. The molecule has 0 rings (SSSR count). The van der Waals surface area contributed by atoms with E-state index in [4.69, 9.17) is 0 Å². The third-order valence-corrected chi connectivity index (χ3v) is 3.59. The van der Waals surface area contributed by atoms with Crippen molar-refractivity contribution in [3.63, 3.8) is 0 Å². The van der Waals surface area contributed by atoms with E-state index < -0.39 is 25.2 Å². The first-order valence-electron chi connectivity index (χ1n) is 3.25. The predicted molar refractivity (Wildman–Crippen MR) is 43.5 cm³/mol. The van der Waals surface area contributed by atoms with Gasteiger partial charge in [-0.1, -0.05) is 0 Å². The molecule has 0 N–H and O–H groups in total. The summed E-state index contributed by atoms with van der Waals surface area (Å²) in [6, 6.07) is 0. The second-order valence-corrected chi connectivity index (χ2v) is 6.77. The molecular formula is C5H11NaO5S2. The third kappa shape index (κ3) is 9.17. The van der Waals surface area contributed by atoms with E-state index in [2.05, 4.69) is 0 Å². The summed E-state index contributed by atoms with van der Waals surface area (Å²) in [5.41, 5.74) is 0. The molecule has 0 saturated carbocycles. The molecule has 1 atom stereocenters. The Kier molecular flexibility index (Phi) is 7.11.